The highest BCUT2D eigenvalue weighted by Crippen LogP contribution is 2.09. The largest absolute Gasteiger partial charge is 0.508 e. The predicted octanol–water partition coefficient (Wildman–Crippen LogP) is 3.05. The first-order valence-electron chi connectivity index (χ1n) is 5.67. The van der Waals surface area contributed by atoms with Crippen LogP contribution in [0.4, 0.5) is 0 Å². The molecule has 0 radical (unpaired) electrons. The summed E-state index contributed by atoms with van der Waals surface area (Å²) in [5, 5.41) is 9.15. The van der Waals surface area contributed by atoms with E-state index >= 15 is 0 Å². The number of rotatable bonds is 4. The minimum Gasteiger partial charge on any atom is -0.508 e. The van der Waals surface area contributed by atoms with E-state index in [4.69, 9.17) is 5.11 Å². The van der Waals surface area contributed by atoms with E-state index in [1.165, 1.54) is 5.56 Å². The molecule has 0 saturated heterocycles. The number of nitrogens with zero attached hydrogens (tertiary/aromatic N) is 1. The zero-order valence-corrected chi connectivity index (χ0v) is 9.58. The lowest BCUT2D eigenvalue weighted by Gasteiger charge is -1.98. The molecule has 0 aromatic heterocycles. The van der Waals surface area contributed by atoms with Gasteiger partial charge in [0.05, 0.1) is 0 Å². The molecule has 0 fully saturated rings. The van der Waals surface area contributed by atoms with Crippen LogP contribution in [0, 0.1) is 0 Å². The molecule has 86 valence electrons. The molecule has 0 saturated carbocycles. The molecule has 0 unspecified atom stereocenters. The second-order valence-corrected chi connectivity index (χ2v) is 3.86. The molecule has 0 aliphatic carbocycles. The van der Waals surface area contributed by atoms with E-state index in [2.05, 4.69) is 4.99 Å². The summed E-state index contributed by atoms with van der Waals surface area (Å²) in [6.07, 6.45) is 2.78. The summed E-state index contributed by atoms with van der Waals surface area (Å²) in [4.78, 5) is 4.37. The lowest BCUT2D eigenvalue weighted by Crippen LogP contribution is -1.90. The van der Waals surface area contributed by atoms with Gasteiger partial charge in [0.2, 0.25) is 0 Å². The Bertz CT molecular complexity index is 474. The van der Waals surface area contributed by atoms with Gasteiger partial charge in [-0.15, -0.1) is 0 Å². The molecule has 2 rings (SSSR count). The Morgan fingerprint density at radius 3 is 2.35 bits per heavy atom. The number of benzene rings is 2. The standard InChI is InChI=1S/C15H15NO/c17-15-8-6-13(7-9-15)10-11-16-12-14-4-2-1-3-5-14/h1-9,12,17H,10-11H2. The molecule has 0 amide bonds. The average molecular weight is 225 g/mol. The van der Waals surface area contributed by atoms with Crippen LogP contribution in [0.15, 0.2) is 59.6 Å². The van der Waals surface area contributed by atoms with Crippen LogP contribution in [0.5, 0.6) is 5.75 Å². The summed E-state index contributed by atoms with van der Waals surface area (Å²) in [5.74, 6) is 0.307. The van der Waals surface area contributed by atoms with E-state index < -0.39 is 0 Å². The van der Waals surface area contributed by atoms with E-state index in [1.807, 2.05) is 48.7 Å². The van der Waals surface area contributed by atoms with Gasteiger partial charge in [-0.05, 0) is 29.7 Å². The molecule has 0 bridgehead atoms. The Hall–Kier alpha value is -2.09. The maximum absolute atomic E-state index is 9.15. The number of phenols is 1. The molecule has 2 aromatic rings. The molecule has 1 N–H and O–H groups in total. The van der Waals surface area contributed by atoms with Crippen molar-refractivity contribution in [3.05, 3.63) is 65.7 Å². The van der Waals surface area contributed by atoms with Crippen molar-refractivity contribution >= 4 is 6.21 Å². The fraction of sp³-hybridized carbons (Fsp3) is 0.133. The molecule has 0 aliphatic rings. The molecule has 2 heteroatoms. The van der Waals surface area contributed by atoms with Gasteiger partial charge >= 0.3 is 0 Å². The maximum Gasteiger partial charge on any atom is 0.115 e. The highest BCUT2D eigenvalue weighted by Gasteiger charge is 1.92. The molecule has 0 aliphatic heterocycles. The molecule has 17 heavy (non-hydrogen) atoms. The highest BCUT2D eigenvalue weighted by atomic mass is 16.3. The van der Waals surface area contributed by atoms with Crippen molar-refractivity contribution in [3.63, 3.8) is 0 Å². The van der Waals surface area contributed by atoms with E-state index in [0.717, 1.165) is 18.5 Å². The van der Waals surface area contributed by atoms with Crippen LogP contribution < -0.4 is 0 Å². The van der Waals surface area contributed by atoms with Gasteiger partial charge in [-0.3, -0.25) is 4.99 Å². The average Bonchev–Trinajstić information content (AvgIpc) is 2.38. The monoisotopic (exact) mass is 225 g/mol. The minimum atomic E-state index is 0.307. The van der Waals surface area contributed by atoms with E-state index in [9.17, 15) is 0 Å². The first-order chi connectivity index (χ1) is 8.34. The van der Waals surface area contributed by atoms with Crippen LogP contribution in [0.25, 0.3) is 0 Å². The molecule has 0 heterocycles. The Labute approximate surface area is 101 Å². The van der Waals surface area contributed by atoms with Crippen LogP contribution in [0.1, 0.15) is 11.1 Å². The van der Waals surface area contributed by atoms with Crippen LogP contribution in [-0.4, -0.2) is 17.9 Å². The zero-order valence-electron chi connectivity index (χ0n) is 9.58. The highest BCUT2D eigenvalue weighted by molar-refractivity contribution is 5.79. The van der Waals surface area contributed by atoms with Gasteiger partial charge in [0.1, 0.15) is 5.75 Å². The second-order valence-electron chi connectivity index (χ2n) is 3.86. The third-order valence-electron chi connectivity index (χ3n) is 2.51. The SMILES string of the molecule is Oc1ccc(CCN=Cc2ccccc2)cc1. The van der Waals surface area contributed by atoms with Crippen LogP contribution >= 0.6 is 0 Å². The Kier molecular flexibility index (Phi) is 3.92. The van der Waals surface area contributed by atoms with Crippen molar-refractivity contribution in [1.82, 2.24) is 0 Å². The summed E-state index contributed by atoms with van der Waals surface area (Å²) < 4.78 is 0. The van der Waals surface area contributed by atoms with E-state index in [-0.39, 0.29) is 0 Å². The van der Waals surface area contributed by atoms with E-state index in [1.54, 1.807) is 12.1 Å². The van der Waals surface area contributed by atoms with E-state index in [0.29, 0.717) is 5.75 Å². The maximum atomic E-state index is 9.15. The van der Waals surface area contributed by atoms with Gasteiger partial charge in [-0.25, -0.2) is 0 Å². The number of hydrogen-bond acceptors (Lipinski definition) is 2. The van der Waals surface area contributed by atoms with Crippen molar-refractivity contribution in [2.45, 2.75) is 6.42 Å². The molecule has 2 nitrogen and oxygen atoms in total. The Morgan fingerprint density at radius 1 is 0.941 bits per heavy atom. The number of aliphatic imine (C=N–C) groups is 1. The van der Waals surface area contributed by atoms with Crippen LogP contribution in [0.3, 0.4) is 0 Å². The van der Waals surface area contributed by atoms with Gasteiger partial charge in [0.25, 0.3) is 0 Å². The minimum absolute atomic E-state index is 0.307. The topological polar surface area (TPSA) is 32.6 Å². The lowest BCUT2D eigenvalue weighted by atomic mass is 10.1. The Balaban J connectivity index is 1.84. The smallest absolute Gasteiger partial charge is 0.115 e. The fourth-order valence-corrected chi connectivity index (χ4v) is 1.57. The third kappa shape index (κ3) is 3.76. The summed E-state index contributed by atoms with van der Waals surface area (Å²) >= 11 is 0. The Morgan fingerprint density at radius 2 is 1.65 bits per heavy atom. The van der Waals surface area contributed by atoms with Crippen molar-refractivity contribution in [2.75, 3.05) is 6.54 Å². The molecular weight excluding hydrogens is 210 g/mol. The quantitative estimate of drug-likeness (QED) is 0.797. The van der Waals surface area contributed by atoms with Gasteiger partial charge in [0, 0.05) is 12.8 Å². The van der Waals surface area contributed by atoms with Crippen LogP contribution in [0.2, 0.25) is 0 Å². The third-order valence-corrected chi connectivity index (χ3v) is 2.51. The van der Waals surface area contributed by atoms with Gasteiger partial charge in [-0.1, -0.05) is 42.5 Å². The summed E-state index contributed by atoms with van der Waals surface area (Å²) in [6, 6.07) is 17.3. The first kappa shape index (κ1) is 11.4. The summed E-state index contributed by atoms with van der Waals surface area (Å²) in [7, 11) is 0. The van der Waals surface area contributed by atoms with Gasteiger partial charge in [-0.2, -0.15) is 0 Å². The summed E-state index contributed by atoms with van der Waals surface area (Å²) in [5.41, 5.74) is 2.31. The van der Waals surface area contributed by atoms with Crippen molar-refractivity contribution in [1.29, 1.82) is 0 Å². The van der Waals surface area contributed by atoms with Gasteiger partial charge in [0.15, 0.2) is 0 Å². The number of aromatic hydroxyl groups is 1. The summed E-state index contributed by atoms with van der Waals surface area (Å²) in [6.45, 7) is 0.764. The fourth-order valence-electron chi connectivity index (χ4n) is 1.57. The van der Waals surface area contributed by atoms with Crippen molar-refractivity contribution in [3.8, 4) is 5.75 Å². The number of hydrogen-bond donors (Lipinski definition) is 1. The molecular formula is C15H15NO. The normalized spacial score (nSPS) is 10.8. The molecule has 2 aromatic carbocycles. The first-order valence-corrected chi connectivity index (χ1v) is 5.67. The number of phenolic OH excluding ortho intramolecular Hbond substituents is 1. The molecule has 0 atom stereocenters. The van der Waals surface area contributed by atoms with Crippen molar-refractivity contribution in [2.24, 2.45) is 4.99 Å². The molecule has 0 spiro atoms. The second kappa shape index (κ2) is 5.85. The zero-order chi connectivity index (χ0) is 11.9. The predicted molar refractivity (Wildman–Crippen MR) is 70.7 cm³/mol. The lowest BCUT2D eigenvalue weighted by molar-refractivity contribution is 0.475. The van der Waals surface area contributed by atoms with Crippen molar-refractivity contribution < 1.29 is 5.11 Å². The van der Waals surface area contributed by atoms with Gasteiger partial charge < -0.3 is 5.11 Å². The van der Waals surface area contributed by atoms with Crippen LogP contribution in [-0.2, 0) is 6.42 Å².